The summed E-state index contributed by atoms with van der Waals surface area (Å²) in [5.74, 6) is -0.660. The Kier molecular flexibility index (Phi) is 4.90. The van der Waals surface area contributed by atoms with E-state index in [0.29, 0.717) is 24.6 Å². The molecule has 0 bridgehead atoms. The number of carboxylic acid groups (broad SMARTS) is 1. The van der Waals surface area contributed by atoms with Gasteiger partial charge in [0.25, 0.3) is 5.56 Å². The lowest BCUT2D eigenvalue weighted by molar-refractivity contribution is 0.0695. The van der Waals surface area contributed by atoms with Crippen molar-refractivity contribution >= 4 is 11.7 Å². The van der Waals surface area contributed by atoms with Crippen molar-refractivity contribution < 1.29 is 9.90 Å². The van der Waals surface area contributed by atoms with Crippen molar-refractivity contribution in [2.75, 3.05) is 24.5 Å². The van der Waals surface area contributed by atoms with E-state index >= 15 is 0 Å². The Labute approximate surface area is 146 Å². The minimum Gasteiger partial charge on any atom is -0.477 e. The van der Waals surface area contributed by atoms with E-state index in [4.69, 9.17) is 10.8 Å². The Balaban J connectivity index is 1.91. The second-order valence-corrected chi connectivity index (χ2v) is 6.45. The Bertz CT molecular complexity index is 827. The number of H-pyrrole nitrogens is 1. The van der Waals surface area contributed by atoms with E-state index in [0.717, 1.165) is 36.3 Å². The molecule has 1 fully saturated rings. The summed E-state index contributed by atoms with van der Waals surface area (Å²) in [5, 5.41) is 9.11. The molecule has 0 aliphatic carbocycles. The Hall–Kier alpha value is -2.60. The van der Waals surface area contributed by atoms with Crippen LogP contribution in [0.1, 0.15) is 29.3 Å². The Morgan fingerprint density at radius 1 is 1.36 bits per heavy atom. The molecule has 1 aromatic carbocycles. The number of nitrogens with one attached hydrogen (secondary N) is 1. The maximum Gasteiger partial charge on any atom is 0.341 e. The van der Waals surface area contributed by atoms with Crippen LogP contribution in [0.5, 0.6) is 0 Å². The van der Waals surface area contributed by atoms with Crippen molar-refractivity contribution in [2.24, 2.45) is 11.7 Å². The number of anilines is 1. The van der Waals surface area contributed by atoms with Crippen LogP contribution in [0.15, 0.2) is 35.1 Å². The van der Waals surface area contributed by atoms with Gasteiger partial charge in [-0.1, -0.05) is 19.1 Å². The molecule has 2 heterocycles. The molecule has 132 valence electrons. The van der Waals surface area contributed by atoms with E-state index in [9.17, 15) is 9.59 Å². The normalized spacial score (nSPS) is 17.0. The van der Waals surface area contributed by atoms with Gasteiger partial charge < -0.3 is 20.7 Å². The highest BCUT2D eigenvalue weighted by Gasteiger charge is 2.21. The van der Waals surface area contributed by atoms with Gasteiger partial charge in [0, 0.05) is 18.8 Å². The van der Waals surface area contributed by atoms with Gasteiger partial charge in [0.1, 0.15) is 5.56 Å². The lowest BCUT2D eigenvalue weighted by Gasteiger charge is -2.19. The molecule has 2 aromatic rings. The summed E-state index contributed by atoms with van der Waals surface area (Å²) in [6, 6.07) is 9.48. The summed E-state index contributed by atoms with van der Waals surface area (Å²) in [4.78, 5) is 28.2. The summed E-state index contributed by atoms with van der Waals surface area (Å²) in [5.41, 5.74) is 8.48. The summed E-state index contributed by atoms with van der Waals surface area (Å²) >= 11 is 0. The Morgan fingerprint density at radius 3 is 2.64 bits per heavy atom. The number of benzene rings is 1. The van der Waals surface area contributed by atoms with E-state index in [1.807, 2.05) is 31.2 Å². The molecular weight excluding hydrogens is 318 g/mol. The third-order valence-electron chi connectivity index (χ3n) is 4.87. The first kappa shape index (κ1) is 17.2. The van der Waals surface area contributed by atoms with E-state index < -0.39 is 11.5 Å². The topological polar surface area (TPSA) is 99.4 Å². The zero-order valence-corrected chi connectivity index (χ0v) is 14.3. The molecule has 0 spiro atoms. The van der Waals surface area contributed by atoms with Gasteiger partial charge in [-0.15, -0.1) is 0 Å². The monoisotopic (exact) mass is 341 g/mol. The van der Waals surface area contributed by atoms with Crippen LogP contribution in [-0.2, 0) is 6.42 Å². The van der Waals surface area contributed by atoms with Crippen LogP contribution in [0.2, 0.25) is 0 Å². The zero-order chi connectivity index (χ0) is 18.0. The molecule has 1 aliphatic heterocycles. The van der Waals surface area contributed by atoms with Gasteiger partial charge in [0.05, 0.1) is 5.69 Å². The Morgan fingerprint density at radius 2 is 2.08 bits per heavy atom. The SMILES string of the molecule is CCc1cc(C(=O)O)c(=O)[nH]c1-c1ccc(N2CCC(CN)C2)cc1. The van der Waals surface area contributed by atoms with Gasteiger partial charge in [-0.05, 0) is 54.6 Å². The number of carboxylic acids is 1. The first-order valence-corrected chi connectivity index (χ1v) is 8.58. The van der Waals surface area contributed by atoms with Crippen molar-refractivity contribution in [1.29, 1.82) is 0 Å². The number of rotatable bonds is 5. The predicted octanol–water partition coefficient (Wildman–Crippen LogP) is 2.09. The van der Waals surface area contributed by atoms with Crippen molar-refractivity contribution in [3.05, 3.63) is 51.8 Å². The molecule has 3 rings (SSSR count). The minimum absolute atomic E-state index is 0.220. The summed E-state index contributed by atoms with van der Waals surface area (Å²) in [7, 11) is 0. The number of aromatic amines is 1. The molecule has 1 unspecified atom stereocenters. The molecule has 6 heteroatoms. The predicted molar refractivity (Wildman–Crippen MR) is 98.2 cm³/mol. The van der Waals surface area contributed by atoms with E-state index in [-0.39, 0.29) is 5.56 Å². The third-order valence-corrected chi connectivity index (χ3v) is 4.87. The fourth-order valence-electron chi connectivity index (χ4n) is 3.37. The molecule has 1 saturated heterocycles. The second kappa shape index (κ2) is 7.11. The van der Waals surface area contributed by atoms with Crippen LogP contribution in [0.3, 0.4) is 0 Å². The highest BCUT2D eigenvalue weighted by Crippen LogP contribution is 2.27. The zero-order valence-electron chi connectivity index (χ0n) is 14.3. The molecule has 1 aromatic heterocycles. The molecule has 4 N–H and O–H groups in total. The first-order chi connectivity index (χ1) is 12.0. The van der Waals surface area contributed by atoms with Crippen molar-refractivity contribution in [3.63, 3.8) is 0 Å². The lowest BCUT2D eigenvalue weighted by Crippen LogP contribution is -2.22. The number of pyridine rings is 1. The number of hydrogen-bond acceptors (Lipinski definition) is 4. The molecule has 0 saturated carbocycles. The minimum atomic E-state index is -1.21. The quantitative estimate of drug-likeness (QED) is 0.773. The molecule has 1 atom stereocenters. The van der Waals surface area contributed by atoms with Crippen molar-refractivity contribution in [1.82, 2.24) is 4.98 Å². The number of nitrogens with zero attached hydrogens (tertiary/aromatic N) is 1. The lowest BCUT2D eigenvalue weighted by atomic mass is 10.0. The maximum atomic E-state index is 12.0. The largest absolute Gasteiger partial charge is 0.477 e. The number of hydrogen-bond donors (Lipinski definition) is 3. The highest BCUT2D eigenvalue weighted by atomic mass is 16.4. The average Bonchev–Trinajstić information content (AvgIpc) is 3.10. The van der Waals surface area contributed by atoms with Crippen LogP contribution >= 0.6 is 0 Å². The third kappa shape index (κ3) is 3.44. The van der Waals surface area contributed by atoms with Crippen molar-refractivity contribution in [3.8, 4) is 11.3 Å². The van der Waals surface area contributed by atoms with Gasteiger partial charge >= 0.3 is 5.97 Å². The van der Waals surface area contributed by atoms with Crippen LogP contribution < -0.4 is 16.2 Å². The fourth-order valence-corrected chi connectivity index (χ4v) is 3.37. The molecule has 25 heavy (non-hydrogen) atoms. The van der Waals surface area contributed by atoms with Gasteiger partial charge in [-0.3, -0.25) is 4.79 Å². The summed E-state index contributed by atoms with van der Waals surface area (Å²) in [6.07, 6.45) is 1.75. The van der Waals surface area contributed by atoms with Crippen LogP contribution in [0.25, 0.3) is 11.3 Å². The van der Waals surface area contributed by atoms with E-state index in [1.165, 1.54) is 6.07 Å². The van der Waals surface area contributed by atoms with E-state index in [1.54, 1.807) is 0 Å². The fraction of sp³-hybridized carbons (Fsp3) is 0.368. The van der Waals surface area contributed by atoms with Gasteiger partial charge in [0.15, 0.2) is 0 Å². The molecule has 0 radical (unpaired) electrons. The standard InChI is InChI=1S/C19H23N3O3/c1-2-13-9-16(19(24)25)18(23)21-17(13)14-3-5-15(6-4-14)22-8-7-12(10-20)11-22/h3-6,9,12H,2,7-8,10-11,20H2,1H3,(H,21,23)(H,24,25). The van der Waals surface area contributed by atoms with Gasteiger partial charge in [-0.2, -0.15) is 0 Å². The van der Waals surface area contributed by atoms with Gasteiger partial charge in [-0.25, -0.2) is 4.79 Å². The molecule has 1 aliphatic rings. The van der Waals surface area contributed by atoms with Crippen LogP contribution in [-0.4, -0.2) is 35.7 Å². The molecule has 0 amide bonds. The highest BCUT2D eigenvalue weighted by molar-refractivity contribution is 5.88. The van der Waals surface area contributed by atoms with Crippen LogP contribution in [0, 0.1) is 5.92 Å². The maximum absolute atomic E-state index is 12.0. The van der Waals surface area contributed by atoms with Gasteiger partial charge in [0.2, 0.25) is 0 Å². The first-order valence-electron chi connectivity index (χ1n) is 8.58. The summed E-state index contributed by atoms with van der Waals surface area (Å²) in [6.45, 7) is 4.63. The van der Waals surface area contributed by atoms with E-state index in [2.05, 4.69) is 9.88 Å². The number of aromatic nitrogens is 1. The average molecular weight is 341 g/mol. The summed E-state index contributed by atoms with van der Waals surface area (Å²) < 4.78 is 0. The smallest absolute Gasteiger partial charge is 0.341 e. The molecule has 6 nitrogen and oxygen atoms in total. The van der Waals surface area contributed by atoms with Crippen LogP contribution in [0.4, 0.5) is 5.69 Å². The molecular formula is C19H23N3O3. The number of carbonyl (C=O) groups is 1. The van der Waals surface area contributed by atoms with Crippen molar-refractivity contribution in [2.45, 2.75) is 19.8 Å². The number of nitrogens with two attached hydrogens (primary N) is 1. The number of aromatic carboxylic acids is 1. The number of aryl methyl sites for hydroxylation is 1. The second-order valence-electron chi connectivity index (χ2n) is 6.45.